The van der Waals surface area contributed by atoms with E-state index >= 15 is 0 Å². The van der Waals surface area contributed by atoms with Crippen molar-refractivity contribution in [1.82, 2.24) is 0 Å². The topological polar surface area (TPSA) is 186 Å². The molecule has 1 aliphatic rings. The molecule has 1 fully saturated rings. The van der Waals surface area contributed by atoms with E-state index in [1.807, 2.05) is 12.2 Å². The van der Waals surface area contributed by atoms with E-state index in [4.69, 9.17) is 18.9 Å². The Hall–Kier alpha value is -2.39. The summed E-state index contributed by atoms with van der Waals surface area (Å²) in [5.74, 6) is -2.05. The number of ether oxygens (including phenoxy) is 4. The molecule has 408 valence electrons. The van der Waals surface area contributed by atoms with Gasteiger partial charge >= 0.3 is 11.9 Å². The minimum atomic E-state index is -4.61. The highest BCUT2D eigenvalue weighted by molar-refractivity contribution is 7.85. The number of hydrogen-bond acceptors (Lipinski definition) is 11. The number of carbonyl (C=O) groups excluding carboxylic acids is 2. The van der Waals surface area contributed by atoms with Gasteiger partial charge in [0.05, 0.1) is 6.61 Å². The van der Waals surface area contributed by atoms with E-state index in [1.54, 1.807) is 0 Å². The lowest BCUT2D eigenvalue weighted by molar-refractivity contribution is -0.297. The highest BCUT2D eigenvalue weighted by Crippen LogP contribution is 2.24. The van der Waals surface area contributed by atoms with Crippen molar-refractivity contribution in [3.63, 3.8) is 0 Å². The molecule has 0 saturated carbocycles. The summed E-state index contributed by atoms with van der Waals surface area (Å²) < 4.78 is 54.3. The summed E-state index contributed by atoms with van der Waals surface area (Å²) in [7, 11) is -4.61. The average Bonchev–Trinajstić information content (AvgIpc) is 3.33. The zero-order chi connectivity index (χ0) is 51.2. The van der Waals surface area contributed by atoms with Crippen molar-refractivity contribution in [3.8, 4) is 0 Å². The smallest absolute Gasteiger partial charge is 0.306 e. The van der Waals surface area contributed by atoms with Crippen molar-refractivity contribution in [3.05, 3.63) is 48.6 Å². The van der Waals surface area contributed by atoms with Crippen molar-refractivity contribution in [2.75, 3.05) is 19.0 Å². The van der Waals surface area contributed by atoms with Crippen LogP contribution >= 0.6 is 0 Å². The van der Waals surface area contributed by atoms with Crippen LogP contribution in [0.2, 0.25) is 0 Å². The van der Waals surface area contributed by atoms with Gasteiger partial charge in [-0.3, -0.25) is 14.1 Å². The standard InChI is InChI=1S/C57H102O12S/c1-3-5-7-9-11-13-15-17-19-21-23-25-27-29-31-33-35-37-39-41-43-45-52(58)66-47-50(48-67-57-56(62)55(61)54(60)51(69-57)49-70(63,64)65)68-53(59)46-44-42-40-38-36-34-32-30-28-26-24-22-20-18-16-14-12-10-8-6-4-2/h20,22,26,28,32,34,38,40,50-51,54-57,60-62H,3-19,21,23-25,27,29-31,33,35-37,39,41-49H2,1-2H3,(H,63,64,65)/b22-20+,28-26+,34-32+,40-38+/t50-,51-,54-,55?,56?,57+/m1/s1. The third-order valence-corrected chi connectivity index (χ3v) is 13.7. The molecule has 0 amide bonds. The van der Waals surface area contributed by atoms with E-state index in [2.05, 4.69) is 50.3 Å². The highest BCUT2D eigenvalue weighted by Gasteiger charge is 2.46. The van der Waals surface area contributed by atoms with E-state index in [-0.39, 0.29) is 19.4 Å². The van der Waals surface area contributed by atoms with Gasteiger partial charge in [0.1, 0.15) is 36.8 Å². The Morgan fingerprint density at radius 1 is 0.486 bits per heavy atom. The predicted molar refractivity (Wildman–Crippen MR) is 284 cm³/mol. The van der Waals surface area contributed by atoms with Gasteiger partial charge in [0.15, 0.2) is 12.4 Å². The molecule has 0 bridgehead atoms. The number of allylic oxidation sites excluding steroid dienone is 8. The number of rotatable bonds is 48. The largest absolute Gasteiger partial charge is 0.462 e. The molecule has 1 aliphatic heterocycles. The maximum atomic E-state index is 12.9. The molecule has 2 unspecified atom stereocenters. The Bertz CT molecular complexity index is 1460. The van der Waals surface area contributed by atoms with Crippen molar-refractivity contribution >= 4 is 22.1 Å². The molecule has 0 aromatic rings. The number of aliphatic hydroxyl groups excluding tert-OH is 3. The molecule has 1 heterocycles. The fraction of sp³-hybridized carbons (Fsp3) is 0.825. The molecule has 13 heteroatoms. The quantitative estimate of drug-likeness (QED) is 0.0196. The Balaban J connectivity index is 2.37. The Labute approximate surface area is 426 Å². The summed E-state index contributed by atoms with van der Waals surface area (Å²) in [6.07, 6.45) is 48.8. The van der Waals surface area contributed by atoms with E-state index < -0.39 is 71.2 Å². The molecule has 0 aliphatic carbocycles. The summed E-state index contributed by atoms with van der Waals surface area (Å²) in [5.41, 5.74) is 0. The van der Waals surface area contributed by atoms with Crippen LogP contribution in [0.15, 0.2) is 48.6 Å². The number of esters is 2. The minimum absolute atomic E-state index is 0.0895. The van der Waals surface area contributed by atoms with Gasteiger partial charge in [0.25, 0.3) is 10.1 Å². The van der Waals surface area contributed by atoms with Crippen molar-refractivity contribution < 1.29 is 56.8 Å². The molecule has 0 aromatic heterocycles. The van der Waals surface area contributed by atoms with Gasteiger partial charge in [-0.2, -0.15) is 8.42 Å². The molecule has 70 heavy (non-hydrogen) atoms. The molecule has 4 N–H and O–H groups in total. The number of aliphatic hydroxyl groups is 3. The second-order valence-electron chi connectivity index (χ2n) is 19.6. The zero-order valence-corrected chi connectivity index (χ0v) is 44.9. The molecule has 0 aromatic carbocycles. The predicted octanol–water partition coefficient (Wildman–Crippen LogP) is 13.5. The lowest BCUT2D eigenvalue weighted by atomic mass is 10.00. The molecular formula is C57H102O12S. The number of hydrogen-bond donors (Lipinski definition) is 4. The molecule has 1 saturated heterocycles. The summed E-state index contributed by atoms with van der Waals surface area (Å²) in [4.78, 5) is 25.6. The summed E-state index contributed by atoms with van der Waals surface area (Å²) in [6.45, 7) is 3.76. The third-order valence-electron chi connectivity index (χ3n) is 12.9. The molecule has 0 spiro atoms. The first-order chi connectivity index (χ1) is 34.0. The van der Waals surface area contributed by atoms with Crippen molar-refractivity contribution in [1.29, 1.82) is 0 Å². The molecule has 12 nitrogen and oxygen atoms in total. The van der Waals surface area contributed by atoms with Crippen LogP contribution in [0.5, 0.6) is 0 Å². The van der Waals surface area contributed by atoms with Crippen LogP contribution in [0.4, 0.5) is 0 Å². The van der Waals surface area contributed by atoms with E-state index in [9.17, 15) is 37.9 Å². The van der Waals surface area contributed by atoms with Crippen LogP contribution in [0.25, 0.3) is 0 Å². The maximum absolute atomic E-state index is 12.9. The Morgan fingerprint density at radius 3 is 1.31 bits per heavy atom. The molecular weight excluding hydrogens is 909 g/mol. The third kappa shape index (κ3) is 40.1. The van der Waals surface area contributed by atoms with Crippen LogP contribution in [0.1, 0.15) is 245 Å². The lowest BCUT2D eigenvalue weighted by Crippen LogP contribution is -2.60. The van der Waals surface area contributed by atoms with Gasteiger partial charge < -0.3 is 34.3 Å². The first-order valence-corrected chi connectivity index (χ1v) is 29.8. The Morgan fingerprint density at radius 2 is 0.871 bits per heavy atom. The van der Waals surface area contributed by atoms with E-state index in [0.29, 0.717) is 19.3 Å². The van der Waals surface area contributed by atoms with Crippen LogP contribution in [-0.2, 0) is 38.7 Å². The monoisotopic (exact) mass is 1010 g/mol. The van der Waals surface area contributed by atoms with Crippen molar-refractivity contribution in [2.45, 2.75) is 282 Å². The normalized spacial score (nSPS) is 19.3. The summed E-state index contributed by atoms with van der Waals surface area (Å²) >= 11 is 0. The molecule has 6 atom stereocenters. The average molecular weight is 1010 g/mol. The first-order valence-electron chi connectivity index (χ1n) is 28.2. The van der Waals surface area contributed by atoms with Gasteiger partial charge in [0, 0.05) is 12.8 Å². The molecule has 1 rings (SSSR count). The fourth-order valence-corrected chi connectivity index (χ4v) is 9.25. The molecule has 0 radical (unpaired) electrons. The minimum Gasteiger partial charge on any atom is -0.462 e. The fourth-order valence-electron chi connectivity index (χ4n) is 8.55. The summed E-state index contributed by atoms with van der Waals surface area (Å²) in [5, 5.41) is 31.0. The second-order valence-corrected chi connectivity index (χ2v) is 21.1. The number of unbranched alkanes of at least 4 members (excludes halogenated alkanes) is 28. The first kappa shape index (κ1) is 65.6. The number of carbonyl (C=O) groups is 2. The van der Waals surface area contributed by atoms with Gasteiger partial charge in [0.2, 0.25) is 0 Å². The van der Waals surface area contributed by atoms with Crippen LogP contribution in [0, 0.1) is 0 Å². The van der Waals surface area contributed by atoms with Gasteiger partial charge in [-0.1, -0.05) is 229 Å². The van der Waals surface area contributed by atoms with E-state index in [0.717, 1.165) is 44.9 Å². The van der Waals surface area contributed by atoms with Gasteiger partial charge in [-0.25, -0.2) is 0 Å². The Kier molecular flexibility index (Phi) is 43.5. The second kappa shape index (κ2) is 46.4. The van der Waals surface area contributed by atoms with E-state index in [1.165, 1.54) is 154 Å². The zero-order valence-electron chi connectivity index (χ0n) is 44.1. The van der Waals surface area contributed by atoms with Crippen LogP contribution in [-0.4, -0.2) is 96.0 Å². The van der Waals surface area contributed by atoms with Gasteiger partial charge in [-0.05, 0) is 51.4 Å². The highest BCUT2D eigenvalue weighted by atomic mass is 32.2. The summed E-state index contributed by atoms with van der Waals surface area (Å²) in [6, 6.07) is 0. The SMILES string of the molecule is CCCCCCCCC/C=C/C/C=C/C/C=C/C/C=C/CCCC(=O)O[C@H](COC(=O)CCCCCCCCCCCCCCCCCCCCCCC)CO[C@H]1O[C@H](CS(=O)(=O)O)[C@@H](O)C(O)C1O. The van der Waals surface area contributed by atoms with Gasteiger partial charge in [-0.15, -0.1) is 0 Å². The van der Waals surface area contributed by atoms with Crippen LogP contribution in [0.3, 0.4) is 0 Å². The van der Waals surface area contributed by atoms with Crippen LogP contribution < -0.4 is 0 Å². The lowest BCUT2D eigenvalue weighted by Gasteiger charge is -2.40. The maximum Gasteiger partial charge on any atom is 0.306 e. The van der Waals surface area contributed by atoms with Crippen molar-refractivity contribution in [2.24, 2.45) is 0 Å².